The zero-order valence-corrected chi connectivity index (χ0v) is 9.25. The van der Waals surface area contributed by atoms with Gasteiger partial charge >= 0.3 is 0 Å². The normalized spacial score (nSPS) is 9.94. The van der Waals surface area contributed by atoms with E-state index in [1.54, 1.807) is 31.5 Å². The number of rotatable bonds is 3. The van der Waals surface area contributed by atoms with Gasteiger partial charge in [0.15, 0.2) is 6.29 Å². The Labute approximate surface area is 98.5 Å². The second-order valence-electron chi connectivity index (χ2n) is 3.48. The van der Waals surface area contributed by atoms with Gasteiger partial charge in [0.05, 0.1) is 12.7 Å². The SMILES string of the molecule is COc1ccc(-c2ccc(O)c(C=O)c2)cn1. The van der Waals surface area contributed by atoms with E-state index in [4.69, 9.17) is 4.74 Å². The third-order valence-electron chi connectivity index (χ3n) is 2.43. The first-order valence-electron chi connectivity index (χ1n) is 5.03. The maximum atomic E-state index is 10.7. The highest BCUT2D eigenvalue weighted by Gasteiger charge is 2.04. The largest absolute Gasteiger partial charge is 0.507 e. The van der Waals surface area contributed by atoms with Crippen molar-refractivity contribution >= 4 is 6.29 Å². The highest BCUT2D eigenvalue weighted by molar-refractivity contribution is 5.82. The topological polar surface area (TPSA) is 59.4 Å². The summed E-state index contributed by atoms with van der Waals surface area (Å²) < 4.78 is 4.96. The molecule has 0 spiro atoms. The van der Waals surface area contributed by atoms with Gasteiger partial charge in [-0.2, -0.15) is 0 Å². The summed E-state index contributed by atoms with van der Waals surface area (Å²) in [5, 5.41) is 9.40. The van der Waals surface area contributed by atoms with Gasteiger partial charge in [0.2, 0.25) is 5.88 Å². The number of aromatic hydroxyl groups is 1. The van der Waals surface area contributed by atoms with Crippen molar-refractivity contribution in [2.24, 2.45) is 0 Å². The molecule has 1 aromatic carbocycles. The van der Waals surface area contributed by atoms with Crippen LogP contribution in [0.15, 0.2) is 36.5 Å². The van der Waals surface area contributed by atoms with Crippen molar-refractivity contribution in [1.82, 2.24) is 4.98 Å². The number of hydrogen-bond acceptors (Lipinski definition) is 4. The number of hydrogen-bond donors (Lipinski definition) is 1. The third-order valence-corrected chi connectivity index (χ3v) is 2.43. The lowest BCUT2D eigenvalue weighted by Gasteiger charge is -2.04. The average Bonchev–Trinajstić information content (AvgIpc) is 2.39. The lowest BCUT2D eigenvalue weighted by atomic mass is 10.0. The number of aldehydes is 1. The number of ether oxygens (including phenoxy) is 1. The summed E-state index contributed by atoms with van der Waals surface area (Å²) in [6.45, 7) is 0. The molecule has 0 saturated heterocycles. The van der Waals surface area contributed by atoms with Crippen molar-refractivity contribution in [2.75, 3.05) is 7.11 Å². The molecule has 0 bridgehead atoms. The van der Waals surface area contributed by atoms with Crippen LogP contribution in [0.4, 0.5) is 0 Å². The highest BCUT2D eigenvalue weighted by atomic mass is 16.5. The molecule has 1 aromatic heterocycles. The number of benzene rings is 1. The number of carbonyl (C=O) groups excluding carboxylic acids is 1. The molecule has 0 unspecified atom stereocenters. The molecule has 0 amide bonds. The number of phenols is 1. The standard InChI is InChI=1S/C13H11NO3/c1-17-13-5-3-10(7-14-13)9-2-4-12(16)11(6-9)8-15/h2-8,16H,1H3. The van der Waals surface area contributed by atoms with Gasteiger partial charge in [0.1, 0.15) is 5.75 Å². The molecule has 86 valence electrons. The summed E-state index contributed by atoms with van der Waals surface area (Å²) in [4.78, 5) is 14.8. The minimum atomic E-state index is -0.0229. The van der Waals surface area contributed by atoms with Crippen LogP contribution in [0.2, 0.25) is 0 Å². The van der Waals surface area contributed by atoms with E-state index in [9.17, 15) is 9.90 Å². The smallest absolute Gasteiger partial charge is 0.212 e. The van der Waals surface area contributed by atoms with E-state index in [2.05, 4.69) is 4.98 Å². The van der Waals surface area contributed by atoms with Gasteiger partial charge in [0, 0.05) is 17.8 Å². The zero-order chi connectivity index (χ0) is 12.3. The molecule has 1 N–H and O–H groups in total. The Morgan fingerprint density at radius 3 is 2.59 bits per heavy atom. The summed E-state index contributed by atoms with van der Waals surface area (Å²) in [6, 6.07) is 8.41. The maximum absolute atomic E-state index is 10.7. The molecule has 1 heterocycles. The minimum Gasteiger partial charge on any atom is -0.507 e. The lowest BCUT2D eigenvalue weighted by molar-refractivity contribution is 0.112. The first-order valence-corrected chi connectivity index (χ1v) is 5.03. The van der Waals surface area contributed by atoms with E-state index in [1.165, 1.54) is 6.07 Å². The molecular formula is C13H11NO3. The number of aromatic nitrogens is 1. The van der Waals surface area contributed by atoms with E-state index in [-0.39, 0.29) is 11.3 Å². The van der Waals surface area contributed by atoms with Crippen LogP contribution in [0.5, 0.6) is 11.6 Å². The molecule has 0 atom stereocenters. The van der Waals surface area contributed by atoms with Gasteiger partial charge in [0.25, 0.3) is 0 Å². The summed E-state index contributed by atoms with van der Waals surface area (Å²) in [6.07, 6.45) is 2.27. The Morgan fingerprint density at radius 2 is 2.00 bits per heavy atom. The van der Waals surface area contributed by atoms with Crippen molar-refractivity contribution in [1.29, 1.82) is 0 Å². The van der Waals surface area contributed by atoms with Gasteiger partial charge in [-0.15, -0.1) is 0 Å². The van der Waals surface area contributed by atoms with Crippen LogP contribution in [0.3, 0.4) is 0 Å². The predicted molar refractivity (Wildman–Crippen MR) is 63.3 cm³/mol. The summed E-state index contributed by atoms with van der Waals surface area (Å²) in [5.74, 6) is 0.508. The molecule has 4 nitrogen and oxygen atoms in total. The van der Waals surface area contributed by atoms with E-state index in [1.807, 2.05) is 6.07 Å². The van der Waals surface area contributed by atoms with E-state index >= 15 is 0 Å². The number of phenolic OH excluding ortho intramolecular Hbond substituents is 1. The lowest BCUT2D eigenvalue weighted by Crippen LogP contribution is -1.88. The van der Waals surface area contributed by atoms with Crippen LogP contribution >= 0.6 is 0 Å². The van der Waals surface area contributed by atoms with Crippen molar-refractivity contribution < 1.29 is 14.6 Å². The highest BCUT2D eigenvalue weighted by Crippen LogP contribution is 2.25. The summed E-state index contributed by atoms with van der Waals surface area (Å²) >= 11 is 0. The van der Waals surface area contributed by atoms with E-state index in [0.717, 1.165) is 11.1 Å². The summed E-state index contributed by atoms with van der Waals surface area (Å²) in [5.41, 5.74) is 1.94. The Morgan fingerprint density at radius 1 is 1.24 bits per heavy atom. The Kier molecular flexibility index (Phi) is 3.05. The molecule has 2 aromatic rings. The van der Waals surface area contributed by atoms with Gasteiger partial charge in [-0.3, -0.25) is 4.79 Å². The second-order valence-corrected chi connectivity index (χ2v) is 3.48. The van der Waals surface area contributed by atoms with Crippen molar-refractivity contribution in [3.8, 4) is 22.8 Å². The van der Waals surface area contributed by atoms with Crippen molar-refractivity contribution in [3.63, 3.8) is 0 Å². The van der Waals surface area contributed by atoms with Crippen molar-refractivity contribution in [3.05, 3.63) is 42.1 Å². The van der Waals surface area contributed by atoms with Gasteiger partial charge in [-0.25, -0.2) is 4.98 Å². The van der Waals surface area contributed by atoms with Crippen LogP contribution in [0.1, 0.15) is 10.4 Å². The average molecular weight is 229 g/mol. The molecule has 0 radical (unpaired) electrons. The fraction of sp³-hybridized carbons (Fsp3) is 0.0769. The minimum absolute atomic E-state index is 0.0229. The third kappa shape index (κ3) is 2.25. The summed E-state index contributed by atoms with van der Waals surface area (Å²) in [7, 11) is 1.55. The zero-order valence-electron chi connectivity index (χ0n) is 9.25. The van der Waals surface area contributed by atoms with Crippen LogP contribution < -0.4 is 4.74 Å². The molecule has 4 heteroatoms. The second kappa shape index (κ2) is 4.65. The van der Waals surface area contributed by atoms with Crippen LogP contribution in [0.25, 0.3) is 11.1 Å². The monoisotopic (exact) mass is 229 g/mol. The molecule has 0 aliphatic carbocycles. The van der Waals surface area contributed by atoms with Gasteiger partial charge in [-0.1, -0.05) is 6.07 Å². The fourth-order valence-corrected chi connectivity index (χ4v) is 1.50. The number of nitrogens with zero attached hydrogens (tertiary/aromatic N) is 1. The first-order chi connectivity index (χ1) is 8.24. The molecule has 0 saturated carbocycles. The van der Waals surface area contributed by atoms with Gasteiger partial charge in [-0.05, 0) is 23.8 Å². The molecule has 0 aliphatic heterocycles. The van der Waals surface area contributed by atoms with E-state index < -0.39 is 0 Å². The Bertz CT molecular complexity index is 535. The van der Waals surface area contributed by atoms with Crippen LogP contribution in [-0.2, 0) is 0 Å². The Balaban J connectivity index is 2.41. The first kappa shape index (κ1) is 11.1. The van der Waals surface area contributed by atoms with E-state index in [0.29, 0.717) is 12.2 Å². The van der Waals surface area contributed by atoms with Crippen LogP contribution in [-0.4, -0.2) is 23.5 Å². The molecular weight excluding hydrogens is 218 g/mol. The number of pyridine rings is 1. The molecule has 0 aliphatic rings. The number of carbonyl (C=O) groups is 1. The molecule has 17 heavy (non-hydrogen) atoms. The molecule has 2 rings (SSSR count). The Hall–Kier alpha value is -2.36. The maximum Gasteiger partial charge on any atom is 0.212 e. The van der Waals surface area contributed by atoms with Crippen molar-refractivity contribution in [2.45, 2.75) is 0 Å². The van der Waals surface area contributed by atoms with Gasteiger partial charge < -0.3 is 9.84 Å². The van der Waals surface area contributed by atoms with Crippen LogP contribution in [0, 0.1) is 0 Å². The fourth-order valence-electron chi connectivity index (χ4n) is 1.50. The predicted octanol–water partition coefficient (Wildman–Crippen LogP) is 2.28. The molecule has 0 fully saturated rings. The number of methoxy groups -OCH3 is 1. The quantitative estimate of drug-likeness (QED) is 0.820.